The van der Waals surface area contributed by atoms with E-state index in [9.17, 15) is 4.79 Å². The molecule has 2 aromatic rings. The standard InChI is InChI=1S/C21H28N4O2/c26-20(15-17-7-4-5-8-17)25-12-6-11-24(13-14-25)16-19-22-21(27-23-19)18-9-2-1-3-10-18/h1-3,9-10,17H,4-8,11-16H2. The summed E-state index contributed by atoms with van der Waals surface area (Å²) in [5.41, 5.74) is 0.941. The molecule has 1 amide bonds. The lowest BCUT2D eigenvalue weighted by atomic mass is 10.0. The highest BCUT2D eigenvalue weighted by molar-refractivity contribution is 5.76. The molecule has 1 aliphatic carbocycles. The number of amides is 1. The fraction of sp³-hybridized carbons (Fsp3) is 0.571. The zero-order chi connectivity index (χ0) is 18.5. The van der Waals surface area contributed by atoms with E-state index < -0.39 is 0 Å². The molecule has 1 aromatic heterocycles. The van der Waals surface area contributed by atoms with Crippen LogP contribution in [-0.4, -0.2) is 52.0 Å². The molecule has 6 heteroatoms. The highest BCUT2D eigenvalue weighted by Gasteiger charge is 2.24. The number of benzene rings is 1. The first-order valence-electron chi connectivity index (χ1n) is 10.2. The van der Waals surface area contributed by atoms with Gasteiger partial charge in [-0.1, -0.05) is 36.2 Å². The normalized spacial score (nSPS) is 19.3. The van der Waals surface area contributed by atoms with E-state index in [0.29, 0.717) is 30.1 Å². The molecule has 4 rings (SSSR count). The SMILES string of the molecule is O=C(CC1CCCC1)N1CCCN(Cc2noc(-c3ccccc3)n2)CC1. The van der Waals surface area contributed by atoms with E-state index in [4.69, 9.17) is 4.52 Å². The second-order valence-corrected chi connectivity index (χ2v) is 7.75. The maximum atomic E-state index is 12.6. The van der Waals surface area contributed by atoms with Crippen LogP contribution in [0.3, 0.4) is 0 Å². The first kappa shape index (κ1) is 18.2. The van der Waals surface area contributed by atoms with Gasteiger partial charge in [0.15, 0.2) is 5.82 Å². The quantitative estimate of drug-likeness (QED) is 0.810. The average Bonchev–Trinajstić information content (AvgIpc) is 3.31. The maximum absolute atomic E-state index is 12.6. The average molecular weight is 368 g/mol. The molecule has 0 unspecified atom stereocenters. The molecule has 2 aliphatic rings. The molecular weight excluding hydrogens is 340 g/mol. The zero-order valence-corrected chi connectivity index (χ0v) is 15.8. The Morgan fingerprint density at radius 2 is 1.85 bits per heavy atom. The van der Waals surface area contributed by atoms with Gasteiger partial charge in [0.25, 0.3) is 5.89 Å². The van der Waals surface area contributed by atoms with E-state index in [1.807, 2.05) is 30.3 Å². The first-order valence-corrected chi connectivity index (χ1v) is 10.2. The molecule has 0 spiro atoms. The highest BCUT2D eigenvalue weighted by atomic mass is 16.5. The van der Waals surface area contributed by atoms with Gasteiger partial charge < -0.3 is 9.42 Å². The lowest BCUT2D eigenvalue weighted by Gasteiger charge is -2.22. The van der Waals surface area contributed by atoms with Gasteiger partial charge in [0, 0.05) is 38.2 Å². The summed E-state index contributed by atoms with van der Waals surface area (Å²) in [5, 5.41) is 4.13. The van der Waals surface area contributed by atoms with Crippen LogP contribution in [0.4, 0.5) is 0 Å². The second-order valence-electron chi connectivity index (χ2n) is 7.75. The molecule has 1 saturated heterocycles. The Kier molecular flexibility index (Phi) is 5.82. The van der Waals surface area contributed by atoms with E-state index >= 15 is 0 Å². The number of carbonyl (C=O) groups is 1. The molecule has 1 saturated carbocycles. The van der Waals surface area contributed by atoms with Crippen LogP contribution >= 0.6 is 0 Å². The van der Waals surface area contributed by atoms with E-state index in [-0.39, 0.29) is 0 Å². The van der Waals surface area contributed by atoms with Crippen LogP contribution in [0.2, 0.25) is 0 Å². The predicted octanol–water partition coefficient (Wildman–Crippen LogP) is 3.35. The summed E-state index contributed by atoms with van der Waals surface area (Å²) in [6.45, 7) is 4.16. The minimum atomic E-state index is 0.342. The number of hydrogen-bond donors (Lipinski definition) is 0. The monoisotopic (exact) mass is 368 g/mol. The number of carbonyl (C=O) groups excluding carboxylic acids is 1. The molecule has 27 heavy (non-hydrogen) atoms. The van der Waals surface area contributed by atoms with Crippen molar-refractivity contribution in [1.82, 2.24) is 19.9 Å². The summed E-state index contributed by atoms with van der Waals surface area (Å²) in [4.78, 5) is 21.5. The Morgan fingerprint density at radius 1 is 1.04 bits per heavy atom. The van der Waals surface area contributed by atoms with E-state index in [1.54, 1.807) is 0 Å². The van der Waals surface area contributed by atoms with Crippen molar-refractivity contribution < 1.29 is 9.32 Å². The van der Waals surface area contributed by atoms with Crippen LogP contribution in [0, 0.1) is 5.92 Å². The maximum Gasteiger partial charge on any atom is 0.257 e. The van der Waals surface area contributed by atoms with Gasteiger partial charge in [0.1, 0.15) is 0 Å². The Hall–Kier alpha value is -2.21. The minimum Gasteiger partial charge on any atom is -0.341 e. The third-order valence-electron chi connectivity index (χ3n) is 5.73. The number of hydrogen-bond acceptors (Lipinski definition) is 5. The van der Waals surface area contributed by atoms with Gasteiger partial charge in [-0.05, 0) is 37.3 Å². The minimum absolute atomic E-state index is 0.342. The molecule has 144 valence electrons. The fourth-order valence-electron chi connectivity index (χ4n) is 4.19. The van der Waals surface area contributed by atoms with E-state index in [2.05, 4.69) is 19.9 Å². The molecule has 2 heterocycles. The Labute approximate surface area is 160 Å². The first-order chi connectivity index (χ1) is 13.3. The molecule has 0 radical (unpaired) electrons. The summed E-state index contributed by atoms with van der Waals surface area (Å²) in [6.07, 6.45) is 6.79. The molecule has 1 aromatic carbocycles. The third kappa shape index (κ3) is 4.75. The molecule has 1 aliphatic heterocycles. The summed E-state index contributed by atoms with van der Waals surface area (Å²) in [5.74, 6) is 2.23. The van der Waals surface area contributed by atoms with Crippen molar-refractivity contribution in [2.45, 2.75) is 45.1 Å². The Morgan fingerprint density at radius 3 is 2.67 bits per heavy atom. The van der Waals surface area contributed by atoms with Crippen molar-refractivity contribution in [3.05, 3.63) is 36.2 Å². The fourth-order valence-corrected chi connectivity index (χ4v) is 4.19. The van der Waals surface area contributed by atoms with Gasteiger partial charge in [0.05, 0.1) is 6.54 Å². The van der Waals surface area contributed by atoms with Crippen molar-refractivity contribution in [2.24, 2.45) is 5.92 Å². The van der Waals surface area contributed by atoms with Gasteiger partial charge >= 0.3 is 0 Å². The van der Waals surface area contributed by atoms with Gasteiger partial charge in [-0.25, -0.2) is 0 Å². The molecular formula is C21H28N4O2. The van der Waals surface area contributed by atoms with Crippen molar-refractivity contribution in [2.75, 3.05) is 26.2 Å². The largest absolute Gasteiger partial charge is 0.341 e. The van der Waals surface area contributed by atoms with Gasteiger partial charge in [-0.2, -0.15) is 4.98 Å². The second kappa shape index (κ2) is 8.65. The highest BCUT2D eigenvalue weighted by Crippen LogP contribution is 2.28. The van der Waals surface area contributed by atoms with Crippen molar-refractivity contribution >= 4 is 5.91 Å². The van der Waals surface area contributed by atoms with E-state index in [0.717, 1.165) is 44.6 Å². The molecule has 2 fully saturated rings. The van der Waals surface area contributed by atoms with Gasteiger partial charge in [0.2, 0.25) is 5.91 Å². The zero-order valence-electron chi connectivity index (χ0n) is 15.8. The van der Waals surface area contributed by atoms with Gasteiger partial charge in [-0.15, -0.1) is 0 Å². The lowest BCUT2D eigenvalue weighted by Crippen LogP contribution is -2.35. The number of aromatic nitrogens is 2. The third-order valence-corrected chi connectivity index (χ3v) is 5.73. The van der Waals surface area contributed by atoms with Crippen molar-refractivity contribution in [3.63, 3.8) is 0 Å². The Bertz CT molecular complexity index is 740. The molecule has 0 N–H and O–H groups in total. The number of rotatable bonds is 5. The van der Waals surface area contributed by atoms with E-state index in [1.165, 1.54) is 25.7 Å². The summed E-state index contributed by atoms with van der Waals surface area (Å²) < 4.78 is 5.40. The van der Waals surface area contributed by atoms with Crippen LogP contribution in [-0.2, 0) is 11.3 Å². The summed E-state index contributed by atoms with van der Waals surface area (Å²) in [7, 11) is 0. The van der Waals surface area contributed by atoms with Crippen molar-refractivity contribution in [3.8, 4) is 11.5 Å². The molecule has 6 nitrogen and oxygen atoms in total. The predicted molar refractivity (Wildman–Crippen MR) is 103 cm³/mol. The number of nitrogens with zero attached hydrogens (tertiary/aromatic N) is 4. The van der Waals surface area contributed by atoms with Crippen LogP contribution in [0.15, 0.2) is 34.9 Å². The van der Waals surface area contributed by atoms with Crippen molar-refractivity contribution in [1.29, 1.82) is 0 Å². The van der Waals surface area contributed by atoms with Crippen LogP contribution in [0.1, 0.15) is 44.3 Å². The smallest absolute Gasteiger partial charge is 0.257 e. The topological polar surface area (TPSA) is 62.5 Å². The van der Waals surface area contributed by atoms with Crippen LogP contribution in [0.5, 0.6) is 0 Å². The van der Waals surface area contributed by atoms with Crippen LogP contribution < -0.4 is 0 Å². The Balaban J connectivity index is 1.29. The summed E-state index contributed by atoms with van der Waals surface area (Å²) in [6, 6.07) is 9.84. The molecule has 0 atom stereocenters. The molecule has 0 bridgehead atoms. The van der Waals surface area contributed by atoms with Crippen LogP contribution in [0.25, 0.3) is 11.5 Å². The lowest BCUT2D eigenvalue weighted by molar-refractivity contribution is -0.132. The summed E-state index contributed by atoms with van der Waals surface area (Å²) >= 11 is 0. The van der Waals surface area contributed by atoms with Gasteiger partial charge in [-0.3, -0.25) is 9.69 Å².